The van der Waals surface area contributed by atoms with Gasteiger partial charge >= 0.3 is 12.1 Å². The number of rotatable bonds is 5. The first-order valence-corrected chi connectivity index (χ1v) is 16.4. The molecule has 1 saturated carbocycles. The van der Waals surface area contributed by atoms with E-state index in [-0.39, 0.29) is 31.2 Å². The van der Waals surface area contributed by atoms with E-state index in [0.29, 0.717) is 35.3 Å². The Balaban J connectivity index is 1.32. The molecule has 2 fully saturated rings. The first-order chi connectivity index (χ1) is 22.9. The van der Waals surface area contributed by atoms with Gasteiger partial charge in [-0.1, -0.05) is 37.1 Å². The largest absolute Gasteiger partial charge is 0.479 e. The first kappa shape index (κ1) is 33.0. The molecule has 0 unspecified atom stereocenters. The van der Waals surface area contributed by atoms with E-state index < -0.39 is 53.2 Å². The van der Waals surface area contributed by atoms with Crippen LogP contribution in [-0.4, -0.2) is 79.7 Å². The van der Waals surface area contributed by atoms with E-state index in [2.05, 4.69) is 10.6 Å². The van der Waals surface area contributed by atoms with E-state index in [9.17, 15) is 24.3 Å². The van der Waals surface area contributed by atoms with E-state index in [1.807, 2.05) is 30.4 Å². The van der Waals surface area contributed by atoms with Crippen LogP contribution in [0.5, 0.6) is 5.88 Å². The number of alkyl carbamates (subject to hydrolysis) is 1. The molecule has 4 heterocycles. The van der Waals surface area contributed by atoms with E-state index in [4.69, 9.17) is 23.9 Å². The molecular formula is C35H41N5O8. The average Bonchev–Trinajstić information content (AvgIpc) is 3.34. The highest BCUT2D eigenvalue weighted by Crippen LogP contribution is 2.45. The molecule has 0 radical (unpaired) electrons. The minimum Gasteiger partial charge on any atom is -0.479 e. The fraction of sp³-hybridized carbons (Fsp3) is 0.486. The summed E-state index contributed by atoms with van der Waals surface area (Å²) in [6.07, 6.45) is 7.52. The second-order valence-electron chi connectivity index (χ2n) is 13.7. The highest BCUT2D eigenvalue weighted by atomic mass is 16.6. The number of aromatic nitrogens is 2. The van der Waals surface area contributed by atoms with E-state index in [1.165, 1.54) is 11.2 Å². The SMILES string of the molecule is CC(C)(C)OC(=O)N[C@H]1CCCCC/C=C\[C@H]2C[C@@]2(C(=O)O)NC(=O)[C@@H]2C[C@@H](Oc3nc4ccccc4nc3-c3ccco3)CN2C1=O. The number of furan rings is 1. The Morgan fingerprint density at radius 3 is 2.56 bits per heavy atom. The van der Waals surface area contributed by atoms with Gasteiger partial charge in [0.05, 0.1) is 23.8 Å². The summed E-state index contributed by atoms with van der Waals surface area (Å²) in [5, 5.41) is 15.6. The molecule has 2 aliphatic heterocycles. The smallest absolute Gasteiger partial charge is 0.408 e. The molecule has 3 N–H and O–H groups in total. The van der Waals surface area contributed by atoms with Crippen molar-refractivity contribution in [3.8, 4) is 17.3 Å². The summed E-state index contributed by atoms with van der Waals surface area (Å²) < 4.78 is 17.5. The standard InChI is InChI=1S/C35H41N5O8/c1-34(2,3)48-33(45)38-25-15-8-6-4-5-7-12-21-19-35(21,32(43)44)39-29(41)26-18-22(20-40(26)31(25)42)47-30-28(27-16-11-17-46-27)36-23-13-9-10-14-24(23)37-30/h7,9-14,16-17,21-22,25-26H,4-6,8,15,18-20H2,1-3H3,(H,38,45)(H,39,41)(H,43,44)/b12-7-/t21-,22+,25-,26-,35+/m0/s1. The molecule has 0 bridgehead atoms. The summed E-state index contributed by atoms with van der Waals surface area (Å²) in [7, 11) is 0. The van der Waals surface area contributed by atoms with E-state index in [0.717, 1.165) is 19.3 Å². The zero-order chi connectivity index (χ0) is 34.1. The van der Waals surface area contributed by atoms with Gasteiger partial charge < -0.3 is 34.5 Å². The molecule has 3 aliphatic rings. The maximum Gasteiger partial charge on any atom is 0.408 e. The summed E-state index contributed by atoms with van der Waals surface area (Å²) >= 11 is 0. The molecule has 48 heavy (non-hydrogen) atoms. The molecule has 1 saturated heterocycles. The number of aliphatic carboxylic acids is 1. The zero-order valence-electron chi connectivity index (χ0n) is 27.3. The third kappa shape index (κ3) is 7.14. The van der Waals surface area contributed by atoms with Gasteiger partial charge in [0.25, 0.3) is 0 Å². The third-order valence-corrected chi connectivity index (χ3v) is 8.88. The lowest BCUT2D eigenvalue weighted by Gasteiger charge is -2.30. The Labute approximate surface area is 278 Å². The number of fused-ring (bicyclic) bond motifs is 3. The topological polar surface area (TPSA) is 173 Å². The Hall–Kier alpha value is -4.94. The summed E-state index contributed by atoms with van der Waals surface area (Å²) in [6.45, 7) is 5.19. The van der Waals surface area contributed by atoms with Gasteiger partial charge in [0.15, 0.2) is 11.5 Å². The Bertz CT molecular complexity index is 1720. The lowest BCUT2D eigenvalue weighted by molar-refractivity contribution is -0.145. The molecule has 3 amide bonds. The van der Waals surface area contributed by atoms with Gasteiger partial charge in [0, 0.05) is 12.3 Å². The quantitative estimate of drug-likeness (QED) is 0.328. The molecule has 3 aromatic rings. The summed E-state index contributed by atoms with van der Waals surface area (Å²) in [5.41, 5.74) is -0.658. The van der Waals surface area contributed by atoms with Crippen molar-refractivity contribution in [2.45, 2.75) is 95.0 Å². The summed E-state index contributed by atoms with van der Waals surface area (Å²) in [5.74, 6) is -1.96. The number of carboxylic acid groups (broad SMARTS) is 1. The predicted octanol–water partition coefficient (Wildman–Crippen LogP) is 4.61. The average molecular weight is 660 g/mol. The lowest BCUT2D eigenvalue weighted by atomic mass is 10.0. The van der Waals surface area contributed by atoms with Crippen molar-refractivity contribution in [2.75, 3.05) is 6.54 Å². The van der Waals surface area contributed by atoms with Gasteiger partial charge in [-0.15, -0.1) is 0 Å². The second kappa shape index (κ2) is 13.3. The fourth-order valence-electron chi connectivity index (χ4n) is 6.39. The molecule has 6 rings (SSSR count). The van der Waals surface area contributed by atoms with Gasteiger partial charge in [-0.05, 0) is 70.7 Å². The number of nitrogens with one attached hydrogen (secondary N) is 2. The number of amides is 3. The van der Waals surface area contributed by atoms with E-state index in [1.54, 1.807) is 39.0 Å². The number of hydrogen-bond acceptors (Lipinski definition) is 9. The number of nitrogens with zero attached hydrogens (tertiary/aromatic N) is 3. The fourth-order valence-corrected chi connectivity index (χ4v) is 6.39. The van der Waals surface area contributed by atoms with Crippen LogP contribution in [0.1, 0.15) is 65.7 Å². The number of para-hydroxylation sites is 2. The van der Waals surface area contributed by atoms with Crippen LogP contribution in [0.25, 0.3) is 22.5 Å². The van der Waals surface area contributed by atoms with Gasteiger partial charge in [-0.25, -0.2) is 19.6 Å². The van der Waals surface area contributed by atoms with Crippen molar-refractivity contribution in [2.24, 2.45) is 5.92 Å². The van der Waals surface area contributed by atoms with Crippen LogP contribution in [0, 0.1) is 5.92 Å². The number of ether oxygens (including phenoxy) is 2. The maximum atomic E-state index is 14.3. The first-order valence-electron chi connectivity index (χ1n) is 16.4. The monoisotopic (exact) mass is 659 g/mol. The van der Waals surface area contributed by atoms with E-state index >= 15 is 0 Å². The van der Waals surface area contributed by atoms with Crippen LogP contribution in [0.15, 0.2) is 59.2 Å². The number of hydrogen-bond donors (Lipinski definition) is 3. The van der Waals surface area contributed by atoms with Gasteiger partial charge in [-0.2, -0.15) is 0 Å². The second-order valence-corrected chi connectivity index (χ2v) is 13.7. The molecule has 0 spiro atoms. The molecular weight excluding hydrogens is 618 g/mol. The summed E-state index contributed by atoms with van der Waals surface area (Å²) in [4.78, 5) is 64.4. The highest BCUT2D eigenvalue weighted by molar-refractivity contribution is 5.96. The molecule has 2 aromatic heterocycles. The Morgan fingerprint density at radius 1 is 1.08 bits per heavy atom. The zero-order valence-corrected chi connectivity index (χ0v) is 27.3. The lowest BCUT2D eigenvalue weighted by Crippen LogP contribution is -2.56. The number of carbonyl (C=O) groups excluding carboxylic acids is 3. The third-order valence-electron chi connectivity index (χ3n) is 8.88. The number of carbonyl (C=O) groups is 4. The minimum absolute atomic E-state index is 0.0150. The van der Waals surface area contributed by atoms with Crippen molar-refractivity contribution in [1.82, 2.24) is 25.5 Å². The van der Waals surface area contributed by atoms with Gasteiger partial charge in [0.1, 0.15) is 29.3 Å². The molecule has 1 aliphatic carbocycles. The molecule has 13 nitrogen and oxygen atoms in total. The molecule has 13 heteroatoms. The van der Waals surface area contributed by atoms with Crippen LogP contribution >= 0.6 is 0 Å². The number of carboxylic acids is 1. The maximum absolute atomic E-state index is 14.3. The van der Waals surface area contributed by atoms with Crippen LogP contribution in [0.3, 0.4) is 0 Å². The summed E-state index contributed by atoms with van der Waals surface area (Å²) in [6, 6.07) is 8.72. The highest BCUT2D eigenvalue weighted by Gasteiger charge is 2.61. The van der Waals surface area contributed by atoms with Crippen LogP contribution in [-0.2, 0) is 19.1 Å². The van der Waals surface area contributed by atoms with Crippen molar-refractivity contribution >= 4 is 34.9 Å². The van der Waals surface area contributed by atoms with Crippen LogP contribution < -0.4 is 15.4 Å². The Morgan fingerprint density at radius 2 is 1.85 bits per heavy atom. The molecule has 1 aromatic carbocycles. The van der Waals surface area contributed by atoms with Gasteiger partial charge in [0.2, 0.25) is 17.7 Å². The Kier molecular flexibility index (Phi) is 9.13. The van der Waals surface area contributed by atoms with Crippen molar-refractivity contribution < 1.29 is 38.2 Å². The van der Waals surface area contributed by atoms with Crippen molar-refractivity contribution in [3.63, 3.8) is 0 Å². The molecule has 5 atom stereocenters. The molecule has 254 valence electrons. The van der Waals surface area contributed by atoms with Crippen molar-refractivity contribution in [1.29, 1.82) is 0 Å². The van der Waals surface area contributed by atoms with Crippen molar-refractivity contribution in [3.05, 3.63) is 54.8 Å². The number of benzene rings is 1. The minimum atomic E-state index is -1.45. The normalized spacial score (nSPS) is 27.1. The van der Waals surface area contributed by atoms with Gasteiger partial charge in [-0.3, -0.25) is 9.59 Å². The van der Waals surface area contributed by atoms with Crippen LogP contribution in [0.2, 0.25) is 0 Å². The van der Waals surface area contributed by atoms with Crippen LogP contribution in [0.4, 0.5) is 4.79 Å². The predicted molar refractivity (Wildman–Crippen MR) is 174 cm³/mol. The number of allylic oxidation sites excluding steroid dienone is 1.